The number of hydrogen-bond donors (Lipinski definition) is 1. The molecule has 2 nitrogen and oxygen atoms in total. The van der Waals surface area contributed by atoms with E-state index in [0.717, 1.165) is 11.1 Å². The fraction of sp³-hybridized carbons (Fsp3) is 0.500. The van der Waals surface area contributed by atoms with Gasteiger partial charge in [-0.15, -0.1) is 0 Å². The summed E-state index contributed by atoms with van der Waals surface area (Å²) in [5.41, 5.74) is 0. The van der Waals surface area contributed by atoms with Gasteiger partial charge in [-0.2, -0.15) is 0 Å². The quantitative estimate of drug-likeness (QED) is 0.446. The van der Waals surface area contributed by atoms with Gasteiger partial charge in [0, 0.05) is 19.4 Å². The van der Waals surface area contributed by atoms with Crippen molar-refractivity contribution in [3.63, 3.8) is 0 Å². The van der Waals surface area contributed by atoms with Crippen LogP contribution in [0, 0.1) is 0 Å². The van der Waals surface area contributed by atoms with Crippen LogP contribution < -0.4 is 5.31 Å². The number of nitrogens with one attached hydrogen (secondary N) is 1. The number of rotatable bonds is 0. The molecule has 0 radical (unpaired) electrons. The van der Waals surface area contributed by atoms with Gasteiger partial charge in [-0.3, -0.25) is 0 Å². The molecular weight excluding hydrogens is 76.1 g/mol. The summed E-state index contributed by atoms with van der Waals surface area (Å²) in [7, 11) is 1.44. The predicted molar refractivity (Wildman–Crippen MR) is 24.9 cm³/mol. The standard InChI is InChI=1S/C4H8N2/c1-6-3-2-5-4-6/h2-3,5H,4H2,1H3/i3D,4D2/hD. The molecule has 0 fully saturated rings. The first kappa shape index (κ1) is 1.15. The minimum absolute atomic E-state index is 0.0139. The second-order valence-electron chi connectivity index (χ2n) is 1.05. The summed E-state index contributed by atoms with van der Waals surface area (Å²) in [5.74, 6) is 0. The average Bonchev–Trinajstić information content (AvgIpc) is 1.97. The smallest absolute Gasteiger partial charge is 0.161 e. The molecule has 0 bridgehead atoms. The fourth-order valence-electron chi connectivity index (χ4n) is 0.260. The Kier molecular flexibility index (Phi) is 0.231. The molecule has 1 aliphatic heterocycles. The summed E-state index contributed by atoms with van der Waals surface area (Å²) >= 11 is 0. The van der Waals surface area contributed by atoms with Crippen LogP contribution in [0.3, 0.4) is 0 Å². The molecule has 0 aromatic carbocycles. The van der Waals surface area contributed by atoms with Crippen molar-refractivity contribution in [2.24, 2.45) is 0 Å². The SMILES string of the molecule is [2H]C1=CN([2H])C([2H])([2H])N1C. The van der Waals surface area contributed by atoms with E-state index in [1.54, 1.807) is 0 Å². The van der Waals surface area contributed by atoms with Crippen molar-refractivity contribution in [2.75, 3.05) is 13.7 Å². The maximum Gasteiger partial charge on any atom is 0.161 e. The van der Waals surface area contributed by atoms with E-state index < -0.39 is 6.62 Å². The second kappa shape index (κ2) is 1.20. The van der Waals surface area contributed by atoms with Crippen LogP contribution in [-0.4, -0.2) is 18.6 Å². The van der Waals surface area contributed by atoms with Gasteiger partial charge in [0.25, 0.3) is 0 Å². The minimum atomic E-state index is -1.86. The highest BCUT2D eigenvalue weighted by atomic mass is 15.2. The van der Waals surface area contributed by atoms with Crippen molar-refractivity contribution in [3.05, 3.63) is 12.4 Å². The van der Waals surface area contributed by atoms with E-state index in [4.69, 9.17) is 5.52 Å². The van der Waals surface area contributed by atoms with Gasteiger partial charge in [-0.1, -0.05) is 0 Å². The molecule has 0 saturated carbocycles. The van der Waals surface area contributed by atoms with Gasteiger partial charge >= 0.3 is 0 Å². The molecule has 1 N–H and O–H groups in total. The first-order valence-electron chi connectivity index (χ1n) is 3.61. The summed E-state index contributed by atoms with van der Waals surface area (Å²) in [6, 6.07) is 0. The summed E-state index contributed by atoms with van der Waals surface area (Å²) in [6.45, 7) is -1.86. The molecular formula is C4H8N2. The van der Waals surface area contributed by atoms with E-state index in [-0.39, 0.29) is 6.18 Å². The maximum atomic E-state index is 7.19. The molecule has 34 valence electrons. The Labute approximate surface area is 43.1 Å². The van der Waals surface area contributed by atoms with Crippen molar-refractivity contribution in [3.8, 4) is 0 Å². The fourth-order valence-corrected chi connectivity index (χ4v) is 0.260. The van der Waals surface area contributed by atoms with Crippen LogP contribution in [0.2, 0.25) is 1.41 Å². The van der Waals surface area contributed by atoms with Gasteiger partial charge in [0.2, 0.25) is 0 Å². The van der Waals surface area contributed by atoms with Crippen molar-refractivity contribution < 1.29 is 5.52 Å². The predicted octanol–water partition coefficient (Wildman–Crippen LogP) is -0.0499. The zero-order valence-corrected chi connectivity index (χ0v) is 3.47. The summed E-state index contributed by atoms with van der Waals surface area (Å²) in [5, 5.41) is 0.620. The summed E-state index contributed by atoms with van der Waals surface area (Å²) in [6.07, 6.45) is 1.14. The third kappa shape index (κ3) is 0.455. The zero-order valence-electron chi connectivity index (χ0n) is 7.47. The highest BCUT2D eigenvalue weighted by Gasteiger charge is 1.90. The minimum Gasteiger partial charge on any atom is -0.373 e. The first-order chi connectivity index (χ1) is 4.46. The molecule has 0 aromatic rings. The van der Waals surface area contributed by atoms with Crippen LogP contribution in [-0.2, 0) is 0 Å². The van der Waals surface area contributed by atoms with Crippen LogP contribution in [0.4, 0.5) is 0 Å². The molecule has 0 amide bonds. The molecule has 0 atom stereocenters. The van der Waals surface area contributed by atoms with E-state index >= 15 is 0 Å². The van der Waals surface area contributed by atoms with E-state index in [9.17, 15) is 0 Å². The zero-order chi connectivity index (χ0) is 7.94. The van der Waals surface area contributed by atoms with Crippen LogP contribution in [0.15, 0.2) is 12.4 Å². The molecule has 1 heterocycles. The molecule has 0 spiro atoms. The molecule has 0 aromatic heterocycles. The Morgan fingerprint density at radius 2 is 3.33 bits per heavy atom. The monoisotopic (exact) mass is 88.1 g/mol. The Balaban J connectivity index is 2.87. The topological polar surface area (TPSA) is 15.3 Å². The number of nitrogens with zero attached hydrogens (tertiary/aromatic N) is 1. The molecule has 1 rings (SSSR count). The number of hydrogen-bond acceptors (Lipinski definition) is 2. The molecule has 0 saturated heterocycles. The van der Waals surface area contributed by atoms with Gasteiger partial charge in [-0.05, 0) is 0 Å². The highest BCUT2D eigenvalue weighted by Crippen LogP contribution is 1.84. The van der Waals surface area contributed by atoms with Crippen LogP contribution in [0.25, 0.3) is 0 Å². The maximum absolute atomic E-state index is 7.19. The van der Waals surface area contributed by atoms with Gasteiger partial charge in [0.05, 0.1) is 10.7 Å². The lowest BCUT2D eigenvalue weighted by atomic mass is 10.9. The Morgan fingerprint density at radius 1 is 2.50 bits per heavy atom. The Hall–Kier alpha value is -0.660. The van der Waals surface area contributed by atoms with Crippen molar-refractivity contribution in [2.45, 2.75) is 0 Å². The van der Waals surface area contributed by atoms with E-state index in [0.29, 0.717) is 5.31 Å². The third-order valence-corrected chi connectivity index (χ3v) is 0.524. The third-order valence-electron chi connectivity index (χ3n) is 0.524. The largest absolute Gasteiger partial charge is 0.373 e. The Morgan fingerprint density at radius 3 is 3.50 bits per heavy atom. The van der Waals surface area contributed by atoms with Crippen LogP contribution >= 0.6 is 0 Å². The summed E-state index contributed by atoms with van der Waals surface area (Å²) in [4.78, 5) is 1.08. The van der Waals surface area contributed by atoms with Crippen molar-refractivity contribution in [1.82, 2.24) is 10.2 Å². The first-order valence-corrected chi connectivity index (χ1v) is 1.66. The normalized spacial score (nSPS) is 39.8. The van der Waals surface area contributed by atoms with Crippen LogP contribution in [0.5, 0.6) is 0 Å². The molecule has 0 unspecified atom stereocenters. The van der Waals surface area contributed by atoms with Crippen LogP contribution in [0.1, 0.15) is 4.11 Å². The van der Waals surface area contributed by atoms with Gasteiger partial charge in [0.1, 0.15) is 0 Å². The lowest BCUT2D eigenvalue weighted by molar-refractivity contribution is 0.474. The van der Waals surface area contributed by atoms with Crippen molar-refractivity contribution >= 4 is 0 Å². The lowest BCUT2D eigenvalue weighted by Crippen LogP contribution is -2.14. The average molecular weight is 88.1 g/mol. The molecule has 1 aliphatic rings. The molecule has 6 heavy (non-hydrogen) atoms. The highest BCUT2D eigenvalue weighted by molar-refractivity contribution is 4.84. The van der Waals surface area contributed by atoms with E-state index in [1.165, 1.54) is 7.05 Å². The van der Waals surface area contributed by atoms with Gasteiger partial charge in [0.15, 0.2) is 1.41 Å². The van der Waals surface area contributed by atoms with E-state index in [1.807, 2.05) is 0 Å². The molecule has 2 heteroatoms. The summed E-state index contributed by atoms with van der Waals surface area (Å²) < 4.78 is 28.5. The second-order valence-corrected chi connectivity index (χ2v) is 1.05. The Bertz CT molecular complexity index is 178. The van der Waals surface area contributed by atoms with Gasteiger partial charge < -0.3 is 10.2 Å². The van der Waals surface area contributed by atoms with Gasteiger partial charge in [-0.25, -0.2) is 0 Å². The molecule has 0 aliphatic carbocycles. The van der Waals surface area contributed by atoms with Crippen molar-refractivity contribution in [1.29, 1.82) is 0 Å². The van der Waals surface area contributed by atoms with E-state index in [2.05, 4.69) is 0 Å². The lowest BCUT2D eigenvalue weighted by Gasteiger charge is -2.02.